The van der Waals surface area contributed by atoms with Gasteiger partial charge in [-0.3, -0.25) is 4.79 Å². The zero-order valence-corrected chi connectivity index (χ0v) is 8.34. The molecule has 3 heteroatoms. The number of allylic oxidation sites excluding steroid dienone is 1. The molecule has 0 heterocycles. The average molecular weight is 239 g/mol. The molecule has 66 valence electrons. The lowest BCUT2D eigenvalue weighted by Crippen LogP contribution is -1.94. The van der Waals surface area contributed by atoms with Crippen molar-refractivity contribution in [2.75, 3.05) is 0 Å². The quantitative estimate of drug-likeness (QED) is 0.558. The van der Waals surface area contributed by atoms with Crippen LogP contribution in [-0.4, -0.2) is 10.9 Å². The number of ketones is 1. The Morgan fingerprint density at radius 1 is 1.46 bits per heavy atom. The molecule has 0 saturated heterocycles. The van der Waals surface area contributed by atoms with Gasteiger partial charge in [-0.05, 0) is 11.6 Å². The first-order chi connectivity index (χ1) is 6.24. The summed E-state index contributed by atoms with van der Waals surface area (Å²) < 4.78 is 0.926. The van der Waals surface area contributed by atoms with Gasteiger partial charge in [-0.1, -0.05) is 28.1 Å². The Hall–Kier alpha value is -1.09. The molecule has 13 heavy (non-hydrogen) atoms. The zero-order chi connectivity index (χ0) is 9.42. The van der Waals surface area contributed by atoms with Crippen molar-refractivity contribution in [3.8, 4) is 0 Å². The third-order valence-electron chi connectivity index (χ3n) is 2.18. The lowest BCUT2D eigenvalue weighted by atomic mass is 10.1. The van der Waals surface area contributed by atoms with Gasteiger partial charge in [0.25, 0.3) is 0 Å². The van der Waals surface area contributed by atoms with Crippen LogP contribution in [-0.2, 0) is 6.42 Å². The Labute approximate surface area is 84.0 Å². The smallest absolute Gasteiger partial charge is 0.192 e. The molecular weight excluding hydrogens is 232 g/mol. The van der Waals surface area contributed by atoms with Gasteiger partial charge in [0.1, 0.15) is 0 Å². The van der Waals surface area contributed by atoms with Crippen LogP contribution in [0.15, 0.2) is 34.5 Å². The van der Waals surface area contributed by atoms with Crippen LogP contribution in [0.25, 0.3) is 0 Å². The summed E-state index contributed by atoms with van der Waals surface area (Å²) in [5.41, 5.74) is 2.12. The number of Topliss-reactive ketones (excluding diaryl/α,β-unsaturated/α-hetero) is 1. The highest BCUT2D eigenvalue weighted by molar-refractivity contribution is 9.10. The molecule has 0 aliphatic heterocycles. The molecule has 0 bridgehead atoms. The predicted octanol–water partition coefficient (Wildman–Crippen LogP) is 2.63. The van der Waals surface area contributed by atoms with E-state index in [1.54, 1.807) is 6.07 Å². The van der Waals surface area contributed by atoms with Crippen molar-refractivity contribution in [1.29, 1.82) is 0 Å². The second-order valence-electron chi connectivity index (χ2n) is 2.93. The molecule has 2 nitrogen and oxygen atoms in total. The van der Waals surface area contributed by atoms with E-state index in [0.717, 1.165) is 16.3 Å². The van der Waals surface area contributed by atoms with Crippen LogP contribution >= 0.6 is 15.9 Å². The highest BCUT2D eigenvalue weighted by atomic mass is 79.9. The van der Waals surface area contributed by atoms with Crippen molar-refractivity contribution in [1.82, 2.24) is 0 Å². The molecule has 1 N–H and O–H groups in total. The second kappa shape index (κ2) is 3.00. The number of fused-ring (bicyclic) bond motifs is 1. The Bertz CT molecular complexity index is 407. The van der Waals surface area contributed by atoms with E-state index in [1.165, 1.54) is 0 Å². The molecule has 0 spiro atoms. The van der Waals surface area contributed by atoms with Gasteiger partial charge in [0.15, 0.2) is 5.78 Å². The van der Waals surface area contributed by atoms with Crippen molar-refractivity contribution < 1.29 is 9.90 Å². The molecule has 1 aromatic rings. The number of carbonyl (C=O) groups is 1. The summed E-state index contributed by atoms with van der Waals surface area (Å²) in [6, 6.07) is 5.49. The minimum absolute atomic E-state index is 0.0706. The highest BCUT2D eigenvalue weighted by Crippen LogP contribution is 2.31. The van der Waals surface area contributed by atoms with Crippen LogP contribution in [0.1, 0.15) is 15.9 Å². The summed E-state index contributed by atoms with van der Waals surface area (Å²) in [5.74, 6) is -0.0706. The SMILES string of the molecule is O=C1/C(=C\O)Cc2c(Br)cccc21. The van der Waals surface area contributed by atoms with Gasteiger partial charge in [-0.25, -0.2) is 0 Å². The third-order valence-corrected chi connectivity index (χ3v) is 2.92. The van der Waals surface area contributed by atoms with Crippen LogP contribution in [0, 0.1) is 0 Å². The maximum Gasteiger partial charge on any atom is 0.192 e. The molecule has 1 aliphatic rings. The van der Waals surface area contributed by atoms with E-state index in [1.807, 2.05) is 12.1 Å². The number of carbonyl (C=O) groups excluding carboxylic acids is 1. The Morgan fingerprint density at radius 2 is 2.23 bits per heavy atom. The standard InChI is InChI=1S/C10H7BrO2/c11-9-3-1-2-7-8(9)4-6(5-12)10(7)13/h1-3,5,12H,4H2/b6-5-. The molecule has 2 rings (SSSR count). The number of rotatable bonds is 0. The maximum absolute atomic E-state index is 11.5. The summed E-state index contributed by atoms with van der Waals surface area (Å²) in [7, 11) is 0. The van der Waals surface area contributed by atoms with Gasteiger partial charge >= 0.3 is 0 Å². The fourth-order valence-corrected chi connectivity index (χ4v) is 2.01. The average Bonchev–Trinajstić information content (AvgIpc) is 2.45. The van der Waals surface area contributed by atoms with E-state index in [2.05, 4.69) is 15.9 Å². The monoisotopic (exact) mass is 238 g/mol. The number of aliphatic hydroxyl groups is 1. The summed E-state index contributed by atoms with van der Waals surface area (Å²) in [6.45, 7) is 0. The Kier molecular flexibility index (Phi) is 1.96. The molecule has 0 saturated carbocycles. The molecule has 0 atom stereocenters. The summed E-state index contributed by atoms with van der Waals surface area (Å²) in [5, 5.41) is 8.80. The number of hydrogen-bond donors (Lipinski definition) is 1. The van der Waals surface area contributed by atoms with E-state index in [-0.39, 0.29) is 5.78 Å². The van der Waals surface area contributed by atoms with E-state index in [9.17, 15) is 4.79 Å². The number of hydrogen-bond acceptors (Lipinski definition) is 2. The lowest BCUT2D eigenvalue weighted by molar-refractivity contribution is 0.103. The predicted molar refractivity (Wildman–Crippen MR) is 52.9 cm³/mol. The van der Waals surface area contributed by atoms with Crippen molar-refractivity contribution in [3.05, 3.63) is 45.6 Å². The van der Waals surface area contributed by atoms with Gasteiger partial charge in [0, 0.05) is 22.0 Å². The van der Waals surface area contributed by atoms with Crippen molar-refractivity contribution in [2.24, 2.45) is 0 Å². The van der Waals surface area contributed by atoms with Crippen LogP contribution in [0.3, 0.4) is 0 Å². The normalized spacial score (nSPS) is 17.9. The van der Waals surface area contributed by atoms with Crippen LogP contribution in [0.5, 0.6) is 0 Å². The van der Waals surface area contributed by atoms with Crippen molar-refractivity contribution in [2.45, 2.75) is 6.42 Å². The number of halogens is 1. The molecule has 0 radical (unpaired) electrons. The van der Waals surface area contributed by atoms with Gasteiger partial charge in [-0.15, -0.1) is 0 Å². The number of aliphatic hydroxyl groups excluding tert-OH is 1. The van der Waals surface area contributed by atoms with Crippen molar-refractivity contribution in [3.63, 3.8) is 0 Å². The fourth-order valence-electron chi connectivity index (χ4n) is 1.50. The third kappa shape index (κ3) is 1.20. The first kappa shape index (κ1) is 8.51. The van der Waals surface area contributed by atoms with E-state index in [4.69, 9.17) is 5.11 Å². The van der Waals surface area contributed by atoms with E-state index >= 15 is 0 Å². The Balaban J connectivity index is 2.62. The molecular formula is C10H7BrO2. The van der Waals surface area contributed by atoms with Gasteiger partial charge in [0.05, 0.1) is 6.26 Å². The maximum atomic E-state index is 11.5. The largest absolute Gasteiger partial charge is 0.515 e. The fraction of sp³-hybridized carbons (Fsp3) is 0.100. The van der Waals surface area contributed by atoms with Crippen LogP contribution in [0.2, 0.25) is 0 Å². The second-order valence-corrected chi connectivity index (χ2v) is 3.78. The minimum atomic E-state index is -0.0706. The molecule has 0 unspecified atom stereocenters. The Morgan fingerprint density at radius 3 is 2.85 bits per heavy atom. The molecule has 1 aromatic carbocycles. The molecule has 0 amide bonds. The first-order valence-electron chi connectivity index (χ1n) is 3.89. The summed E-state index contributed by atoms with van der Waals surface area (Å²) in [6.07, 6.45) is 1.42. The van der Waals surface area contributed by atoms with Gasteiger partial charge in [-0.2, -0.15) is 0 Å². The van der Waals surface area contributed by atoms with Crippen molar-refractivity contribution >= 4 is 21.7 Å². The highest BCUT2D eigenvalue weighted by Gasteiger charge is 2.26. The first-order valence-corrected chi connectivity index (χ1v) is 4.68. The topological polar surface area (TPSA) is 37.3 Å². The minimum Gasteiger partial charge on any atom is -0.515 e. The molecule has 0 fully saturated rings. The zero-order valence-electron chi connectivity index (χ0n) is 6.75. The summed E-state index contributed by atoms with van der Waals surface area (Å²) >= 11 is 3.37. The van der Waals surface area contributed by atoms with E-state index in [0.29, 0.717) is 17.6 Å². The number of benzene rings is 1. The van der Waals surface area contributed by atoms with Gasteiger partial charge < -0.3 is 5.11 Å². The molecule has 0 aromatic heterocycles. The van der Waals surface area contributed by atoms with Gasteiger partial charge in [0.2, 0.25) is 0 Å². The van der Waals surface area contributed by atoms with Crippen LogP contribution < -0.4 is 0 Å². The van der Waals surface area contributed by atoms with E-state index < -0.39 is 0 Å². The van der Waals surface area contributed by atoms with Crippen LogP contribution in [0.4, 0.5) is 0 Å². The summed E-state index contributed by atoms with van der Waals surface area (Å²) in [4.78, 5) is 11.5. The molecule has 1 aliphatic carbocycles. The lowest BCUT2D eigenvalue weighted by Gasteiger charge is -1.97.